The molecule has 0 bridgehead atoms. The van der Waals surface area contributed by atoms with Gasteiger partial charge in [0.2, 0.25) is 10.0 Å². The molecule has 0 unspecified atom stereocenters. The van der Waals surface area contributed by atoms with Gasteiger partial charge < -0.3 is 9.73 Å². The molecular formula is C17H19BrN2O4S. The lowest BCUT2D eigenvalue weighted by atomic mass is 10.2. The molecule has 1 aliphatic rings. The number of sulfonamides is 1. The van der Waals surface area contributed by atoms with Crippen LogP contribution in [0.2, 0.25) is 0 Å². The average molecular weight is 427 g/mol. The summed E-state index contributed by atoms with van der Waals surface area (Å²) in [6, 6.07) is 9.95. The van der Waals surface area contributed by atoms with Crippen LogP contribution in [-0.4, -0.2) is 31.7 Å². The van der Waals surface area contributed by atoms with Crippen LogP contribution in [0.1, 0.15) is 35.4 Å². The van der Waals surface area contributed by atoms with Crippen molar-refractivity contribution in [3.05, 3.63) is 52.4 Å². The number of carbonyl (C=O) groups excluding carboxylic acids is 1. The Kier molecular flexibility index (Phi) is 5.61. The lowest BCUT2D eigenvalue weighted by Crippen LogP contribution is -2.36. The second kappa shape index (κ2) is 7.72. The molecule has 8 heteroatoms. The Hall–Kier alpha value is -1.64. The molecule has 1 aromatic heterocycles. The van der Waals surface area contributed by atoms with Crippen LogP contribution in [0.25, 0.3) is 0 Å². The Morgan fingerprint density at radius 1 is 1.12 bits per heavy atom. The number of carbonyl (C=O) groups is 1. The maximum Gasteiger partial charge on any atom is 0.287 e. The van der Waals surface area contributed by atoms with Gasteiger partial charge in [0.1, 0.15) is 0 Å². The second-order valence-electron chi connectivity index (χ2n) is 5.86. The first-order chi connectivity index (χ1) is 12.0. The SMILES string of the molecule is O=C(NCc1ccccc1S(=O)(=O)N1CCCCC1)c1ccc(Br)o1. The van der Waals surface area contributed by atoms with Crippen LogP contribution >= 0.6 is 15.9 Å². The Balaban J connectivity index is 1.77. The topological polar surface area (TPSA) is 79.6 Å². The summed E-state index contributed by atoms with van der Waals surface area (Å²) in [5.74, 6) is -0.223. The zero-order valence-electron chi connectivity index (χ0n) is 13.6. The highest BCUT2D eigenvalue weighted by Crippen LogP contribution is 2.23. The number of piperidine rings is 1. The molecule has 1 aromatic carbocycles. The van der Waals surface area contributed by atoms with E-state index in [2.05, 4.69) is 21.2 Å². The van der Waals surface area contributed by atoms with Gasteiger partial charge in [-0.05, 0) is 52.5 Å². The average Bonchev–Trinajstić information content (AvgIpc) is 3.07. The minimum Gasteiger partial charge on any atom is -0.444 e. The van der Waals surface area contributed by atoms with Crippen molar-refractivity contribution in [2.24, 2.45) is 0 Å². The minimum absolute atomic E-state index is 0.112. The molecule has 1 saturated heterocycles. The van der Waals surface area contributed by atoms with E-state index in [0.717, 1.165) is 19.3 Å². The summed E-state index contributed by atoms with van der Waals surface area (Å²) in [6.45, 7) is 1.20. The number of amides is 1. The number of benzene rings is 1. The molecule has 0 spiro atoms. The largest absolute Gasteiger partial charge is 0.444 e. The third-order valence-corrected chi connectivity index (χ3v) is 6.57. The lowest BCUT2D eigenvalue weighted by Gasteiger charge is -2.26. The van der Waals surface area contributed by atoms with Crippen molar-refractivity contribution in [3.8, 4) is 0 Å². The molecule has 1 fully saturated rings. The van der Waals surface area contributed by atoms with Crippen molar-refractivity contribution in [2.45, 2.75) is 30.7 Å². The van der Waals surface area contributed by atoms with Crippen LogP contribution in [0.4, 0.5) is 0 Å². The highest BCUT2D eigenvalue weighted by molar-refractivity contribution is 9.10. The van der Waals surface area contributed by atoms with Crippen LogP contribution in [0.3, 0.4) is 0 Å². The van der Waals surface area contributed by atoms with Crippen molar-refractivity contribution in [1.29, 1.82) is 0 Å². The van der Waals surface area contributed by atoms with Gasteiger partial charge >= 0.3 is 0 Å². The Morgan fingerprint density at radius 3 is 2.52 bits per heavy atom. The van der Waals surface area contributed by atoms with Crippen molar-refractivity contribution in [3.63, 3.8) is 0 Å². The van der Waals surface area contributed by atoms with Gasteiger partial charge in [-0.2, -0.15) is 4.31 Å². The zero-order chi connectivity index (χ0) is 17.9. The van der Waals surface area contributed by atoms with Crippen LogP contribution < -0.4 is 5.32 Å². The van der Waals surface area contributed by atoms with Gasteiger partial charge in [0.25, 0.3) is 5.91 Å². The number of hydrogen-bond acceptors (Lipinski definition) is 4. The van der Waals surface area contributed by atoms with E-state index in [-0.39, 0.29) is 17.2 Å². The van der Waals surface area contributed by atoms with Crippen LogP contribution in [0, 0.1) is 0 Å². The lowest BCUT2D eigenvalue weighted by molar-refractivity contribution is 0.0921. The van der Waals surface area contributed by atoms with E-state index in [1.807, 2.05) is 0 Å². The molecule has 25 heavy (non-hydrogen) atoms. The molecule has 2 aromatic rings. The monoisotopic (exact) mass is 426 g/mol. The van der Waals surface area contributed by atoms with Gasteiger partial charge in [0.05, 0.1) is 4.90 Å². The van der Waals surface area contributed by atoms with Crippen LogP contribution in [0.5, 0.6) is 0 Å². The van der Waals surface area contributed by atoms with E-state index in [0.29, 0.717) is 23.3 Å². The molecule has 0 atom stereocenters. The third kappa shape index (κ3) is 4.13. The van der Waals surface area contributed by atoms with E-state index in [4.69, 9.17) is 4.42 Å². The number of halogens is 1. The van der Waals surface area contributed by atoms with Gasteiger partial charge in [-0.3, -0.25) is 4.79 Å². The normalized spacial score (nSPS) is 15.9. The summed E-state index contributed by atoms with van der Waals surface area (Å²) in [7, 11) is -3.55. The van der Waals surface area contributed by atoms with Crippen molar-refractivity contribution in [1.82, 2.24) is 9.62 Å². The highest BCUT2D eigenvalue weighted by Gasteiger charge is 2.28. The Morgan fingerprint density at radius 2 is 1.84 bits per heavy atom. The van der Waals surface area contributed by atoms with Crippen molar-refractivity contribution >= 4 is 31.9 Å². The molecule has 0 saturated carbocycles. The number of rotatable bonds is 5. The van der Waals surface area contributed by atoms with E-state index < -0.39 is 15.9 Å². The van der Waals surface area contributed by atoms with Gasteiger partial charge in [0.15, 0.2) is 10.4 Å². The fourth-order valence-electron chi connectivity index (χ4n) is 2.84. The molecule has 3 rings (SSSR count). The standard InChI is InChI=1S/C17H19BrN2O4S/c18-16-9-8-14(24-16)17(21)19-12-13-6-2-3-7-15(13)25(22,23)20-10-4-1-5-11-20/h2-3,6-9H,1,4-5,10-12H2,(H,19,21). The molecular weight excluding hydrogens is 408 g/mol. The summed E-state index contributed by atoms with van der Waals surface area (Å²) in [5.41, 5.74) is 0.562. The first-order valence-electron chi connectivity index (χ1n) is 8.10. The van der Waals surface area contributed by atoms with Gasteiger partial charge in [-0.25, -0.2) is 8.42 Å². The van der Waals surface area contributed by atoms with E-state index in [1.54, 1.807) is 36.4 Å². The molecule has 1 amide bonds. The summed E-state index contributed by atoms with van der Waals surface area (Å²) in [4.78, 5) is 12.4. The maximum atomic E-state index is 12.9. The molecule has 0 aliphatic carbocycles. The molecule has 6 nitrogen and oxygen atoms in total. The molecule has 1 aliphatic heterocycles. The molecule has 1 N–H and O–H groups in total. The number of hydrogen-bond donors (Lipinski definition) is 1. The second-order valence-corrected chi connectivity index (χ2v) is 8.55. The van der Waals surface area contributed by atoms with Crippen LogP contribution in [0.15, 0.2) is 50.4 Å². The quantitative estimate of drug-likeness (QED) is 0.795. The predicted octanol–water partition coefficient (Wildman–Crippen LogP) is 3.15. The molecule has 134 valence electrons. The minimum atomic E-state index is -3.55. The summed E-state index contributed by atoms with van der Waals surface area (Å²) < 4.78 is 33.0. The Bertz CT molecular complexity index is 857. The van der Waals surface area contributed by atoms with E-state index in [9.17, 15) is 13.2 Å². The van der Waals surface area contributed by atoms with Gasteiger partial charge in [-0.1, -0.05) is 24.6 Å². The fraction of sp³-hybridized carbons (Fsp3) is 0.353. The number of nitrogens with one attached hydrogen (secondary N) is 1. The summed E-state index contributed by atoms with van der Waals surface area (Å²) >= 11 is 3.15. The van der Waals surface area contributed by atoms with E-state index >= 15 is 0 Å². The number of nitrogens with zero attached hydrogens (tertiary/aromatic N) is 1. The van der Waals surface area contributed by atoms with Crippen LogP contribution in [-0.2, 0) is 16.6 Å². The summed E-state index contributed by atoms with van der Waals surface area (Å²) in [6.07, 6.45) is 2.82. The van der Waals surface area contributed by atoms with Crippen molar-refractivity contribution < 1.29 is 17.6 Å². The smallest absolute Gasteiger partial charge is 0.287 e. The Labute approximate surface area is 155 Å². The molecule has 0 radical (unpaired) electrons. The molecule has 2 heterocycles. The van der Waals surface area contributed by atoms with Gasteiger partial charge in [0, 0.05) is 19.6 Å². The zero-order valence-corrected chi connectivity index (χ0v) is 16.0. The highest BCUT2D eigenvalue weighted by atomic mass is 79.9. The first-order valence-corrected chi connectivity index (χ1v) is 10.3. The van der Waals surface area contributed by atoms with Gasteiger partial charge in [-0.15, -0.1) is 0 Å². The first kappa shape index (κ1) is 18.2. The number of furan rings is 1. The fourth-order valence-corrected chi connectivity index (χ4v) is 4.89. The van der Waals surface area contributed by atoms with Crippen molar-refractivity contribution in [2.75, 3.05) is 13.1 Å². The van der Waals surface area contributed by atoms with E-state index in [1.165, 1.54) is 4.31 Å². The maximum absolute atomic E-state index is 12.9. The predicted molar refractivity (Wildman–Crippen MR) is 96.6 cm³/mol. The summed E-state index contributed by atoms with van der Waals surface area (Å²) in [5, 5.41) is 2.71. The third-order valence-electron chi connectivity index (χ3n) is 4.14.